The van der Waals surface area contributed by atoms with E-state index >= 15 is 0 Å². The number of rotatable bonds is 5. The molecule has 2 aliphatic rings. The van der Waals surface area contributed by atoms with Crippen LogP contribution in [0.1, 0.15) is 55.3 Å². The van der Waals surface area contributed by atoms with E-state index in [-0.39, 0.29) is 22.9 Å². The van der Waals surface area contributed by atoms with Gasteiger partial charge in [-0.3, -0.25) is 4.79 Å². The van der Waals surface area contributed by atoms with E-state index in [1.807, 2.05) is 0 Å². The Morgan fingerprint density at radius 2 is 1.81 bits per heavy atom. The van der Waals surface area contributed by atoms with Crippen LogP contribution < -0.4 is 10.6 Å². The lowest BCUT2D eigenvalue weighted by atomic mass is 9.96. The van der Waals surface area contributed by atoms with E-state index in [4.69, 9.17) is 0 Å². The van der Waals surface area contributed by atoms with Gasteiger partial charge in [0.2, 0.25) is 10.0 Å². The first-order chi connectivity index (χ1) is 12.5. The Kier molecular flexibility index (Phi) is 6.32. The standard InChI is InChI=1S/C19H29N3O3S/c1-22(17-7-3-2-4-8-17)26(24,25)18-9-5-6-15(14-18)19(23)21-16-10-12-20-13-11-16/h5-6,9,14,16-17,20H,2-4,7-8,10-13H2,1H3,(H,21,23). The highest BCUT2D eigenvalue weighted by Gasteiger charge is 2.29. The molecule has 26 heavy (non-hydrogen) atoms. The highest BCUT2D eigenvalue weighted by atomic mass is 32.2. The molecule has 1 heterocycles. The number of benzene rings is 1. The van der Waals surface area contributed by atoms with Gasteiger partial charge in [0.05, 0.1) is 4.90 Å². The van der Waals surface area contributed by atoms with Crippen LogP contribution in [0.3, 0.4) is 0 Å². The Morgan fingerprint density at radius 3 is 2.50 bits per heavy atom. The third-order valence-corrected chi connectivity index (χ3v) is 7.44. The number of carbonyl (C=O) groups is 1. The first-order valence-corrected chi connectivity index (χ1v) is 11.0. The zero-order valence-corrected chi connectivity index (χ0v) is 16.2. The fourth-order valence-corrected chi connectivity index (χ4v) is 5.30. The van der Waals surface area contributed by atoms with Crippen molar-refractivity contribution in [2.75, 3.05) is 20.1 Å². The number of amides is 1. The van der Waals surface area contributed by atoms with Crippen molar-refractivity contribution in [3.8, 4) is 0 Å². The summed E-state index contributed by atoms with van der Waals surface area (Å²) in [6, 6.07) is 6.62. The summed E-state index contributed by atoms with van der Waals surface area (Å²) >= 11 is 0. The zero-order chi connectivity index (χ0) is 18.6. The molecule has 1 saturated heterocycles. The number of sulfonamides is 1. The largest absolute Gasteiger partial charge is 0.349 e. The first-order valence-electron chi connectivity index (χ1n) is 9.58. The van der Waals surface area contributed by atoms with E-state index in [0.717, 1.165) is 51.6 Å². The van der Waals surface area contributed by atoms with E-state index in [1.165, 1.54) is 16.8 Å². The number of nitrogens with zero attached hydrogens (tertiary/aromatic N) is 1. The molecule has 2 fully saturated rings. The summed E-state index contributed by atoms with van der Waals surface area (Å²) in [7, 11) is -1.92. The molecule has 0 atom stereocenters. The normalized spacial score (nSPS) is 20.2. The van der Waals surface area contributed by atoms with Gasteiger partial charge in [-0.15, -0.1) is 0 Å². The predicted molar refractivity (Wildman–Crippen MR) is 102 cm³/mol. The number of carbonyl (C=O) groups excluding carboxylic acids is 1. The lowest BCUT2D eigenvalue weighted by Gasteiger charge is -2.30. The molecule has 7 heteroatoms. The molecular weight excluding hydrogens is 350 g/mol. The van der Waals surface area contributed by atoms with Crippen molar-refractivity contribution >= 4 is 15.9 Å². The quantitative estimate of drug-likeness (QED) is 0.821. The Bertz CT molecular complexity index is 723. The highest BCUT2D eigenvalue weighted by molar-refractivity contribution is 7.89. The van der Waals surface area contributed by atoms with E-state index in [0.29, 0.717) is 5.56 Å². The molecule has 1 amide bonds. The summed E-state index contributed by atoms with van der Waals surface area (Å²) in [6.45, 7) is 1.79. The lowest BCUT2D eigenvalue weighted by Crippen LogP contribution is -2.42. The monoisotopic (exact) mass is 379 g/mol. The number of hydrogen-bond donors (Lipinski definition) is 2. The second kappa shape index (κ2) is 8.50. The fraction of sp³-hybridized carbons (Fsp3) is 0.632. The maximum atomic E-state index is 13.0. The van der Waals surface area contributed by atoms with Gasteiger partial charge in [0.15, 0.2) is 0 Å². The van der Waals surface area contributed by atoms with Crippen molar-refractivity contribution in [1.29, 1.82) is 0 Å². The lowest BCUT2D eigenvalue weighted by molar-refractivity contribution is 0.0929. The minimum atomic E-state index is -3.58. The summed E-state index contributed by atoms with van der Waals surface area (Å²) in [5, 5.41) is 6.28. The maximum Gasteiger partial charge on any atom is 0.251 e. The van der Waals surface area contributed by atoms with Crippen LogP contribution in [-0.2, 0) is 10.0 Å². The van der Waals surface area contributed by atoms with Crippen LogP contribution in [-0.4, -0.2) is 50.9 Å². The molecule has 0 unspecified atom stereocenters. The molecule has 1 aromatic rings. The van der Waals surface area contributed by atoms with Crippen LogP contribution in [0.4, 0.5) is 0 Å². The number of nitrogens with one attached hydrogen (secondary N) is 2. The first kappa shape index (κ1) is 19.3. The van der Waals surface area contributed by atoms with Gasteiger partial charge in [0.25, 0.3) is 5.91 Å². The van der Waals surface area contributed by atoms with Crippen molar-refractivity contribution < 1.29 is 13.2 Å². The summed E-state index contributed by atoms with van der Waals surface area (Å²) in [6.07, 6.45) is 6.93. The van der Waals surface area contributed by atoms with Crippen LogP contribution >= 0.6 is 0 Å². The Morgan fingerprint density at radius 1 is 1.12 bits per heavy atom. The van der Waals surface area contributed by atoms with E-state index in [2.05, 4.69) is 10.6 Å². The van der Waals surface area contributed by atoms with Crippen LogP contribution in [0.2, 0.25) is 0 Å². The molecule has 144 valence electrons. The molecule has 2 N–H and O–H groups in total. The Hall–Kier alpha value is -1.44. The fourth-order valence-electron chi connectivity index (χ4n) is 3.84. The number of piperidine rings is 1. The smallest absolute Gasteiger partial charge is 0.251 e. The number of hydrogen-bond acceptors (Lipinski definition) is 4. The SMILES string of the molecule is CN(C1CCCCC1)S(=O)(=O)c1cccc(C(=O)NC2CCNCC2)c1. The molecule has 1 aromatic carbocycles. The van der Waals surface area contributed by atoms with Crippen molar-refractivity contribution in [2.24, 2.45) is 0 Å². The second-order valence-corrected chi connectivity index (χ2v) is 9.34. The topological polar surface area (TPSA) is 78.5 Å². The van der Waals surface area contributed by atoms with E-state index in [9.17, 15) is 13.2 Å². The molecule has 1 aliphatic carbocycles. The van der Waals surface area contributed by atoms with Gasteiger partial charge in [-0.05, 0) is 57.0 Å². The van der Waals surface area contributed by atoms with Gasteiger partial charge in [0.1, 0.15) is 0 Å². The third-order valence-electron chi connectivity index (χ3n) is 5.54. The van der Waals surface area contributed by atoms with Crippen LogP contribution in [0.25, 0.3) is 0 Å². The van der Waals surface area contributed by atoms with Crippen molar-refractivity contribution in [3.63, 3.8) is 0 Å². The maximum absolute atomic E-state index is 13.0. The molecule has 0 radical (unpaired) electrons. The summed E-state index contributed by atoms with van der Waals surface area (Å²) in [4.78, 5) is 12.7. The molecule has 0 spiro atoms. The molecule has 6 nitrogen and oxygen atoms in total. The molecule has 3 rings (SSSR count). The molecule has 0 aromatic heterocycles. The average molecular weight is 380 g/mol. The van der Waals surface area contributed by atoms with Gasteiger partial charge in [-0.25, -0.2) is 8.42 Å². The van der Waals surface area contributed by atoms with Crippen LogP contribution in [0, 0.1) is 0 Å². The van der Waals surface area contributed by atoms with Crippen molar-refractivity contribution in [2.45, 2.75) is 61.9 Å². The predicted octanol–water partition coefficient (Wildman–Crippen LogP) is 2.12. The molecule has 1 aliphatic heterocycles. The Balaban J connectivity index is 1.73. The molecule has 1 saturated carbocycles. The Labute approximate surface area is 156 Å². The molecule has 0 bridgehead atoms. The van der Waals surface area contributed by atoms with Crippen molar-refractivity contribution in [3.05, 3.63) is 29.8 Å². The van der Waals surface area contributed by atoms with Gasteiger partial charge in [-0.1, -0.05) is 25.3 Å². The minimum Gasteiger partial charge on any atom is -0.349 e. The molecular formula is C19H29N3O3S. The van der Waals surface area contributed by atoms with Crippen LogP contribution in [0.5, 0.6) is 0 Å². The summed E-state index contributed by atoms with van der Waals surface area (Å²) in [5.41, 5.74) is 0.404. The minimum absolute atomic E-state index is 0.0565. The highest BCUT2D eigenvalue weighted by Crippen LogP contribution is 2.26. The van der Waals surface area contributed by atoms with E-state index in [1.54, 1.807) is 25.2 Å². The van der Waals surface area contributed by atoms with Gasteiger partial charge < -0.3 is 10.6 Å². The second-order valence-electron chi connectivity index (χ2n) is 7.34. The van der Waals surface area contributed by atoms with Gasteiger partial charge in [0, 0.05) is 24.7 Å². The summed E-state index contributed by atoms with van der Waals surface area (Å²) in [5.74, 6) is -0.200. The van der Waals surface area contributed by atoms with E-state index < -0.39 is 10.0 Å². The average Bonchev–Trinajstić information content (AvgIpc) is 2.69. The summed E-state index contributed by atoms with van der Waals surface area (Å²) < 4.78 is 27.5. The van der Waals surface area contributed by atoms with Gasteiger partial charge >= 0.3 is 0 Å². The third kappa shape index (κ3) is 4.45. The zero-order valence-electron chi connectivity index (χ0n) is 15.4. The van der Waals surface area contributed by atoms with Crippen molar-refractivity contribution in [1.82, 2.24) is 14.9 Å². The van der Waals surface area contributed by atoms with Crippen LogP contribution in [0.15, 0.2) is 29.2 Å². The van der Waals surface area contributed by atoms with Gasteiger partial charge in [-0.2, -0.15) is 4.31 Å².